The van der Waals surface area contributed by atoms with Crippen molar-refractivity contribution in [3.63, 3.8) is 0 Å². The lowest BCUT2D eigenvalue weighted by Gasteiger charge is -2.30. The Morgan fingerprint density at radius 3 is 3.00 bits per heavy atom. The average Bonchev–Trinajstić information content (AvgIpc) is 2.90. The molecule has 0 spiro atoms. The molecule has 0 radical (unpaired) electrons. The molecule has 2 aromatic heterocycles. The predicted molar refractivity (Wildman–Crippen MR) is 76.5 cm³/mol. The first-order valence-corrected chi connectivity index (χ1v) is 6.87. The second kappa shape index (κ2) is 5.13. The summed E-state index contributed by atoms with van der Waals surface area (Å²) in [4.78, 5) is 18.8. The van der Waals surface area contributed by atoms with Gasteiger partial charge in [-0.3, -0.25) is 4.79 Å². The quantitative estimate of drug-likeness (QED) is 0.678. The first kappa shape index (κ1) is 12.9. The highest BCUT2D eigenvalue weighted by atomic mass is 16.3. The smallest absolute Gasteiger partial charge is 0.252 e. The van der Waals surface area contributed by atoms with Crippen LogP contribution in [0.15, 0.2) is 18.5 Å². The van der Waals surface area contributed by atoms with E-state index in [2.05, 4.69) is 15.3 Å². The summed E-state index contributed by atoms with van der Waals surface area (Å²) >= 11 is 0. The van der Waals surface area contributed by atoms with Gasteiger partial charge >= 0.3 is 0 Å². The highest BCUT2D eigenvalue weighted by molar-refractivity contribution is 6.05. The van der Waals surface area contributed by atoms with Gasteiger partial charge in [-0.1, -0.05) is 12.8 Å². The van der Waals surface area contributed by atoms with Gasteiger partial charge in [-0.25, -0.2) is 4.98 Å². The van der Waals surface area contributed by atoms with E-state index in [1.165, 1.54) is 6.20 Å². The molecule has 2 aromatic rings. The summed E-state index contributed by atoms with van der Waals surface area (Å²) in [5.74, 6) is -0.520. The number of nitrogens with zero attached hydrogens (tertiary/aromatic N) is 1. The van der Waals surface area contributed by atoms with Gasteiger partial charge in [0.2, 0.25) is 0 Å². The van der Waals surface area contributed by atoms with Crippen molar-refractivity contribution in [3.8, 4) is 0 Å². The SMILES string of the molecule is NC(=O)c1cnc2[nH]ccc2c1N[C@@H]1CCCC[C@@H]1O. The Morgan fingerprint density at radius 1 is 1.45 bits per heavy atom. The number of rotatable bonds is 3. The van der Waals surface area contributed by atoms with E-state index in [4.69, 9.17) is 5.73 Å². The van der Waals surface area contributed by atoms with Crippen LogP contribution in [-0.2, 0) is 0 Å². The van der Waals surface area contributed by atoms with E-state index in [1.807, 2.05) is 6.07 Å². The molecule has 1 saturated carbocycles. The minimum atomic E-state index is -0.520. The number of nitrogens with one attached hydrogen (secondary N) is 2. The standard InChI is InChI=1S/C14H18N4O2/c15-13(20)9-7-17-14-8(5-6-16-14)12(9)18-10-3-1-2-4-11(10)19/h5-7,10-11,19H,1-4H2,(H2,15,20)(H2,16,17,18)/t10-,11+/m1/s1. The number of carbonyl (C=O) groups is 1. The lowest BCUT2D eigenvalue weighted by Crippen LogP contribution is -2.37. The molecule has 2 atom stereocenters. The number of primary amides is 1. The lowest BCUT2D eigenvalue weighted by atomic mass is 9.92. The van der Waals surface area contributed by atoms with Crippen molar-refractivity contribution >= 4 is 22.6 Å². The Kier molecular flexibility index (Phi) is 3.31. The number of aromatic amines is 1. The normalized spacial score (nSPS) is 22.9. The molecule has 0 aliphatic heterocycles. The molecule has 1 fully saturated rings. The molecule has 1 aliphatic rings. The molecule has 1 amide bonds. The Balaban J connectivity index is 2.01. The number of amides is 1. The van der Waals surface area contributed by atoms with Gasteiger partial charge < -0.3 is 21.1 Å². The molecule has 1 aliphatic carbocycles. The second-order valence-corrected chi connectivity index (χ2v) is 5.25. The van der Waals surface area contributed by atoms with Gasteiger partial charge in [0.15, 0.2) is 0 Å². The van der Waals surface area contributed by atoms with Gasteiger partial charge in [-0.05, 0) is 18.9 Å². The number of aromatic nitrogens is 2. The molecule has 0 unspecified atom stereocenters. The highest BCUT2D eigenvalue weighted by Crippen LogP contribution is 2.29. The molecule has 3 rings (SSSR count). The van der Waals surface area contributed by atoms with Crippen molar-refractivity contribution in [1.29, 1.82) is 0 Å². The molecule has 2 heterocycles. The van der Waals surface area contributed by atoms with Crippen LogP contribution in [0.5, 0.6) is 0 Å². The van der Waals surface area contributed by atoms with E-state index in [-0.39, 0.29) is 6.04 Å². The zero-order valence-electron chi connectivity index (χ0n) is 11.1. The number of carbonyl (C=O) groups excluding carboxylic acids is 1. The third kappa shape index (κ3) is 2.22. The van der Waals surface area contributed by atoms with Crippen LogP contribution in [0.4, 0.5) is 5.69 Å². The number of anilines is 1. The molecule has 106 valence electrons. The first-order valence-electron chi connectivity index (χ1n) is 6.87. The molecule has 6 heteroatoms. The van der Waals surface area contributed by atoms with Gasteiger partial charge in [-0.15, -0.1) is 0 Å². The third-order valence-electron chi connectivity index (χ3n) is 3.91. The van der Waals surface area contributed by atoms with E-state index in [0.717, 1.165) is 31.1 Å². The van der Waals surface area contributed by atoms with Gasteiger partial charge in [0.05, 0.1) is 23.4 Å². The Labute approximate surface area is 116 Å². The van der Waals surface area contributed by atoms with Gasteiger partial charge in [0.1, 0.15) is 5.65 Å². The largest absolute Gasteiger partial charge is 0.391 e. The number of H-pyrrole nitrogens is 1. The average molecular weight is 274 g/mol. The maximum atomic E-state index is 11.6. The highest BCUT2D eigenvalue weighted by Gasteiger charge is 2.25. The van der Waals surface area contributed by atoms with E-state index in [0.29, 0.717) is 16.9 Å². The fourth-order valence-corrected chi connectivity index (χ4v) is 2.82. The van der Waals surface area contributed by atoms with Crippen molar-refractivity contribution in [1.82, 2.24) is 9.97 Å². The fourth-order valence-electron chi connectivity index (χ4n) is 2.82. The summed E-state index contributed by atoms with van der Waals surface area (Å²) in [6.45, 7) is 0. The van der Waals surface area contributed by atoms with Gasteiger partial charge in [0.25, 0.3) is 5.91 Å². The maximum absolute atomic E-state index is 11.6. The topological polar surface area (TPSA) is 104 Å². The summed E-state index contributed by atoms with van der Waals surface area (Å²) in [6.07, 6.45) is 6.62. The number of hydrogen-bond acceptors (Lipinski definition) is 4. The van der Waals surface area contributed by atoms with E-state index < -0.39 is 12.0 Å². The van der Waals surface area contributed by atoms with Crippen LogP contribution < -0.4 is 11.1 Å². The minimum Gasteiger partial charge on any atom is -0.391 e. The molecule has 0 aromatic carbocycles. The fraction of sp³-hybridized carbons (Fsp3) is 0.429. The second-order valence-electron chi connectivity index (χ2n) is 5.25. The van der Waals surface area contributed by atoms with Crippen LogP contribution >= 0.6 is 0 Å². The van der Waals surface area contributed by atoms with E-state index >= 15 is 0 Å². The molecular weight excluding hydrogens is 256 g/mol. The van der Waals surface area contributed by atoms with Crippen molar-refractivity contribution in [2.75, 3.05) is 5.32 Å². The van der Waals surface area contributed by atoms with Crippen molar-refractivity contribution in [2.24, 2.45) is 5.73 Å². The number of aliphatic hydroxyl groups excluding tert-OH is 1. The predicted octanol–water partition coefficient (Wildman–Crippen LogP) is 1.38. The summed E-state index contributed by atoms with van der Waals surface area (Å²) < 4.78 is 0. The number of nitrogens with two attached hydrogens (primary N) is 1. The third-order valence-corrected chi connectivity index (χ3v) is 3.91. The zero-order chi connectivity index (χ0) is 14.1. The minimum absolute atomic E-state index is 0.0534. The molecule has 0 saturated heterocycles. The van der Waals surface area contributed by atoms with Crippen LogP contribution in [0.2, 0.25) is 0 Å². The van der Waals surface area contributed by atoms with Crippen molar-refractivity contribution in [2.45, 2.75) is 37.8 Å². The molecule has 6 nitrogen and oxygen atoms in total. The molecule has 20 heavy (non-hydrogen) atoms. The number of aliphatic hydroxyl groups is 1. The monoisotopic (exact) mass is 274 g/mol. The number of fused-ring (bicyclic) bond motifs is 1. The summed E-state index contributed by atoms with van der Waals surface area (Å²) in [5, 5.41) is 14.2. The van der Waals surface area contributed by atoms with E-state index in [1.54, 1.807) is 6.20 Å². The van der Waals surface area contributed by atoms with Gasteiger partial charge in [-0.2, -0.15) is 0 Å². The maximum Gasteiger partial charge on any atom is 0.252 e. The summed E-state index contributed by atoms with van der Waals surface area (Å²) in [7, 11) is 0. The summed E-state index contributed by atoms with van der Waals surface area (Å²) in [6, 6.07) is 1.80. The van der Waals surface area contributed by atoms with Crippen molar-refractivity contribution in [3.05, 3.63) is 24.0 Å². The lowest BCUT2D eigenvalue weighted by molar-refractivity contribution is 0.0999. The van der Waals surface area contributed by atoms with Crippen LogP contribution in [0.3, 0.4) is 0 Å². The van der Waals surface area contributed by atoms with Crippen LogP contribution in [0, 0.1) is 0 Å². The van der Waals surface area contributed by atoms with Gasteiger partial charge in [0, 0.05) is 17.8 Å². The number of hydrogen-bond donors (Lipinski definition) is 4. The van der Waals surface area contributed by atoms with Crippen LogP contribution in [0.25, 0.3) is 11.0 Å². The molecular formula is C14H18N4O2. The Bertz CT molecular complexity index is 637. The first-order chi connectivity index (χ1) is 9.66. The van der Waals surface area contributed by atoms with Crippen molar-refractivity contribution < 1.29 is 9.90 Å². The molecule has 5 N–H and O–H groups in total. The Hall–Kier alpha value is -2.08. The zero-order valence-corrected chi connectivity index (χ0v) is 11.1. The number of pyridine rings is 1. The molecule has 0 bridgehead atoms. The van der Waals surface area contributed by atoms with Crippen LogP contribution in [0.1, 0.15) is 36.0 Å². The Morgan fingerprint density at radius 2 is 2.25 bits per heavy atom. The van der Waals surface area contributed by atoms with E-state index in [9.17, 15) is 9.90 Å². The van der Waals surface area contributed by atoms with Crippen LogP contribution in [-0.4, -0.2) is 33.1 Å². The summed E-state index contributed by atoms with van der Waals surface area (Å²) in [5.41, 5.74) is 7.14.